The second-order valence-corrected chi connectivity index (χ2v) is 7.17. The van der Waals surface area contributed by atoms with Gasteiger partial charge in [0.05, 0.1) is 6.54 Å². The lowest BCUT2D eigenvalue weighted by molar-refractivity contribution is -0.131. The number of carbonyl (C=O) groups excluding carboxylic acids is 2. The summed E-state index contributed by atoms with van der Waals surface area (Å²) >= 11 is 9.24. The largest absolute Gasteiger partial charge is 0.492 e. The van der Waals surface area contributed by atoms with Crippen LogP contribution in [0.15, 0.2) is 53.0 Å². The lowest BCUT2D eigenvalue weighted by Crippen LogP contribution is -2.41. The molecule has 0 unspecified atom stereocenters. The maximum atomic E-state index is 12.8. The van der Waals surface area contributed by atoms with Gasteiger partial charge in [0, 0.05) is 9.50 Å². The highest BCUT2D eigenvalue weighted by molar-refractivity contribution is 9.10. The molecule has 0 radical (unpaired) electrons. The Morgan fingerprint density at radius 1 is 1.12 bits per heavy atom. The molecule has 1 aliphatic rings. The molecule has 0 bridgehead atoms. The first kappa shape index (κ1) is 17.8. The first-order chi connectivity index (χ1) is 11.9. The fourth-order valence-electron chi connectivity index (χ4n) is 2.66. The number of hydrogen-bond donors (Lipinski definition) is 1. The molecule has 1 heterocycles. The number of rotatable bonds is 5. The SMILES string of the molecule is C[C@]1(c2ccc(Cl)cc2)NC(=O)N(CCOc2ccc(Br)cc2)C1=O. The van der Waals surface area contributed by atoms with Gasteiger partial charge in [-0.3, -0.25) is 9.69 Å². The van der Waals surface area contributed by atoms with Crippen LogP contribution in [0.25, 0.3) is 0 Å². The summed E-state index contributed by atoms with van der Waals surface area (Å²) in [5, 5.41) is 3.33. The summed E-state index contributed by atoms with van der Waals surface area (Å²) in [7, 11) is 0. The molecule has 25 heavy (non-hydrogen) atoms. The standard InChI is InChI=1S/C18H16BrClN2O3/c1-18(12-2-6-14(20)7-3-12)16(23)22(17(24)21-18)10-11-25-15-8-4-13(19)5-9-15/h2-9H,10-11H2,1H3,(H,21,24)/t18-/m1/s1. The van der Waals surface area contributed by atoms with Crippen LogP contribution in [-0.4, -0.2) is 30.0 Å². The molecule has 2 aromatic carbocycles. The lowest BCUT2D eigenvalue weighted by atomic mass is 9.92. The van der Waals surface area contributed by atoms with Gasteiger partial charge in [-0.25, -0.2) is 4.79 Å². The number of benzene rings is 2. The molecule has 1 aliphatic heterocycles. The van der Waals surface area contributed by atoms with Crippen LogP contribution in [0.4, 0.5) is 4.79 Å². The maximum Gasteiger partial charge on any atom is 0.325 e. The van der Waals surface area contributed by atoms with Crippen LogP contribution < -0.4 is 10.1 Å². The summed E-state index contributed by atoms with van der Waals surface area (Å²) in [6.07, 6.45) is 0. The third-order valence-electron chi connectivity index (χ3n) is 4.09. The lowest BCUT2D eigenvalue weighted by Gasteiger charge is -2.22. The van der Waals surface area contributed by atoms with Gasteiger partial charge in [-0.15, -0.1) is 0 Å². The van der Waals surface area contributed by atoms with E-state index in [9.17, 15) is 9.59 Å². The Balaban J connectivity index is 1.66. The van der Waals surface area contributed by atoms with Crippen molar-refractivity contribution in [1.29, 1.82) is 0 Å². The number of nitrogens with zero attached hydrogens (tertiary/aromatic N) is 1. The van der Waals surface area contributed by atoms with E-state index in [0.29, 0.717) is 16.3 Å². The van der Waals surface area contributed by atoms with Crippen LogP contribution in [0.3, 0.4) is 0 Å². The summed E-state index contributed by atoms with van der Waals surface area (Å²) in [4.78, 5) is 26.2. The van der Waals surface area contributed by atoms with E-state index in [1.807, 2.05) is 24.3 Å². The monoisotopic (exact) mass is 422 g/mol. The number of ether oxygens (including phenoxy) is 1. The summed E-state index contributed by atoms with van der Waals surface area (Å²) in [6, 6.07) is 13.8. The number of halogens is 2. The Kier molecular flexibility index (Phi) is 5.01. The summed E-state index contributed by atoms with van der Waals surface area (Å²) in [5.41, 5.74) is -0.411. The van der Waals surface area contributed by atoms with Gasteiger partial charge in [-0.2, -0.15) is 0 Å². The summed E-state index contributed by atoms with van der Waals surface area (Å²) in [5.74, 6) is 0.370. The minimum atomic E-state index is -1.10. The van der Waals surface area contributed by atoms with Crippen molar-refractivity contribution in [3.63, 3.8) is 0 Å². The average Bonchev–Trinajstić information content (AvgIpc) is 2.81. The van der Waals surface area contributed by atoms with Crippen LogP contribution in [0.1, 0.15) is 12.5 Å². The van der Waals surface area contributed by atoms with E-state index in [1.54, 1.807) is 31.2 Å². The molecule has 1 saturated heterocycles. The summed E-state index contributed by atoms with van der Waals surface area (Å²) < 4.78 is 6.55. The molecule has 3 amide bonds. The molecule has 7 heteroatoms. The molecule has 0 spiro atoms. The van der Waals surface area contributed by atoms with Crippen LogP contribution in [-0.2, 0) is 10.3 Å². The minimum absolute atomic E-state index is 0.171. The van der Waals surface area contributed by atoms with Gasteiger partial charge >= 0.3 is 6.03 Å². The van der Waals surface area contributed by atoms with E-state index in [0.717, 1.165) is 4.47 Å². The van der Waals surface area contributed by atoms with E-state index in [4.69, 9.17) is 16.3 Å². The number of imide groups is 1. The fourth-order valence-corrected chi connectivity index (χ4v) is 3.05. The number of urea groups is 1. The molecule has 1 atom stereocenters. The van der Waals surface area contributed by atoms with E-state index < -0.39 is 11.6 Å². The second-order valence-electron chi connectivity index (χ2n) is 5.82. The van der Waals surface area contributed by atoms with Crippen LogP contribution in [0.2, 0.25) is 5.02 Å². The molecule has 2 aromatic rings. The fraction of sp³-hybridized carbons (Fsp3) is 0.222. The van der Waals surface area contributed by atoms with Crippen molar-refractivity contribution in [3.05, 3.63) is 63.6 Å². The third-order valence-corrected chi connectivity index (χ3v) is 4.87. The molecule has 1 N–H and O–H groups in total. The van der Waals surface area contributed by atoms with Crippen molar-refractivity contribution in [3.8, 4) is 5.75 Å². The van der Waals surface area contributed by atoms with Gasteiger partial charge < -0.3 is 10.1 Å². The van der Waals surface area contributed by atoms with Crippen molar-refractivity contribution >= 4 is 39.5 Å². The Hall–Kier alpha value is -2.05. The van der Waals surface area contributed by atoms with Crippen molar-refractivity contribution in [1.82, 2.24) is 10.2 Å². The number of hydrogen-bond acceptors (Lipinski definition) is 3. The molecule has 0 aromatic heterocycles. The summed E-state index contributed by atoms with van der Waals surface area (Å²) in [6.45, 7) is 2.08. The Labute approximate surface area is 159 Å². The predicted octanol–water partition coefficient (Wildman–Crippen LogP) is 3.95. The van der Waals surface area contributed by atoms with Crippen molar-refractivity contribution in [2.75, 3.05) is 13.2 Å². The molecule has 5 nitrogen and oxygen atoms in total. The molecule has 1 fully saturated rings. The van der Waals surface area contributed by atoms with Crippen molar-refractivity contribution < 1.29 is 14.3 Å². The van der Waals surface area contributed by atoms with Crippen LogP contribution in [0, 0.1) is 0 Å². The van der Waals surface area contributed by atoms with E-state index in [-0.39, 0.29) is 19.1 Å². The van der Waals surface area contributed by atoms with Crippen LogP contribution in [0.5, 0.6) is 5.75 Å². The van der Waals surface area contributed by atoms with Gasteiger partial charge in [0.2, 0.25) is 0 Å². The zero-order chi connectivity index (χ0) is 18.0. The predicted molar refractivity (Wildman–Crippen MR) is 98.7 cm³/mol. The molecular formula is C18H16BrClN2O3. The van der Waals surface area contributed by atoms with Gasteiger partial charge in [-0.05, 0) is 48.9 Å². The maximum absolute atomic E-state index is 12.8. The first-order valence-corrected chi connectivity index (χ1v) is 8.86. The highest BCUT2D eigenvalue weighted by Gasteiger charge is 2.48. The zero-order valence-electron chi connectivity index (χ0n) is 13.5. The second kappa shape index (κ2) is 7.06. The number of nitrogens with one attached hydrogen (secondary N) is 1. The zero-order valence-corrected chi connectivity index (χ0v) is 15.8. The molecule has 130 valence electrons. The normalized spacial score (nSPS) is 19.9. The smallest absolute Gasteiger partial charge is 0.325 e. The van der Waals surface area contributed by atoms with Gasteiger partial charge in [-0.1, -0.05) is 39.7 Å². The van der Waals surface area contributed by atoms with Crippen LogP contribution >= 0.6 is 27.5 Å². The highest BCUT2D eigenvalue weighted by atomic mass is 79.9. The molecular weight excluding hydrogens is 408 g/mol. The van der Waals surface area contributed by atoms with Crippen molar-refractivity contribution in [2.45, 2.75) is 12.5 Å². The van der Waals surface area contributed by atoms with Gasteiger partial charge in [0.25, 0.3) is 5.91 Å². The van der Waals surface area contributed by atoms with E-state index in [2.05, 4.69) is 21.2 Å². The van der Waals surface area contributed by atoms with Crippen molar-refractivity contribution in [2.24, 2.45) is 0 Å². The minimum Gasteiger partial charge on any atom is -0.492 e. The average molecular weight is 424 g/mol. The first-order valence-electron chi connectivity index (χ1n) is 7.69. The van der Waals surface area contributed by atoms with E-state index in [1.165, 1.54) is 4.90 Å². The van der Waals surface area contributed by atoms with Gasteiger partial charge in [0.15, 0.2) is 0 Å². The molecule has 0 aliphatic carbocycles. The quantitative estimate of drug-likeness (QED) is 0.741. The third kappa shape index (κ3) is 3.65. The Bertz CT molecular complexity index is 795. The Morgan fingerprint density at radius 2 is 1.76 bits per heavy atom. The molecule has 3 rings (SSSR count). The van der Waals surface area contributed by atoms with Gasteiger partial charge in [0.1, 0.15) is 17.9 Å². The molecule has 0 saturated carbocycles. The number of carbonyl (C=O) groups is 2. The van der Waals surface area contributed by atoms with E-state index >= 15 is 0 Å². The highest BCUT2D eigenvalue weighted by Crippen LogP contribution is 2.29. The number of amides is 3. The Morgan fingerprint density at radius 3 is 2.40 bits per heavy atom. The topological polar surface area (TPSA) is 58.6 Å².